The highest BCUT2D eigenvalue weighted by atomic mass is 127. The molecule has 0 amide bonds. The average Bonchev–Trinajstić information content (AvgIpc) is 3.47. The van der Waals surface area contributed by atoms with E-state index in [0.717, 1.165) is 14.6 Å². The third-order valence-corrected chi connectivity index (χ3v) is 13.2. The Labute approximate surface area is 250 Å². The highest BCUT2D eigenvalue weighted by Crippen LogP contribution is 2.39. The topological polar surface area (TPSA) is 85.0 Å². The van der Waals surface area contributed by atoms with Crippen LogP contribution < -0.4 is 10.4 Å². The molecule has 2 aromatic carbocycles. The highest BCUT2D eigenvalue weighted by Gasteiger charge is 2.51. The van der Waals surface area contributed by atoms with Crippen LogP contribution in [0.4, 0.5) is 5.82 Å². The van der Waals surface area contributed by atoms with Crippen molar-refractivity contribution in [2.45, 2.75) is 50.7 Å². The minimum Gasteiger partial charge on any atom is -0.405 e. The van der Waals surface area contributed by atoms with Gasteiger partial charge in [-0.15, -0.1) is 0 Å². The summed E-state index contributed by atoms with van der Waals surface area (Å²) < 4.78 is 16.5. The Kier molecular flexibility index (Phi) is 8.44. The summed E-state index contributed by atoms with van der Waals surface area (Å²) >= 11 is 2.28. The molecule has 1 aliphatic heterocycles. The first-order valence-corrected chi connectivity index (χ1v) is 16.4. The van der Waals surface area contributed by atoms with Gasteiger partial charge in [0.15, 0.2) is 5.82 Å². The van der Waals surface area contributed by atoms with Crippen molar-refractivity contribution in [3.63, 3.8) is 0 Å². The predicted octanol–water partition coefficient (Wildman–Crippen LogP) is 4.48. The molecule has 1 fully saturated rings. The van der Waals surface area contributed by atoms with Gasteiger partial charge in [-0.05, 0) is 38.0 Å². The van der Waals surface area contributed by atoms with Gasteiger partial charge in [0.2, 0.25) is 0 Å². The fourth-order valence-electron chi connectivity index (χ4n) is 5.52. The van der Waals surface area contributed by atoms with E-state index in [1.54, 1.807) is 6.34 Å². The van der Waals surface area contributed by atoms with Gasteiger partial charge in [0, 0.05) is 30.3 Å². The fourth-order valence-corrected chi connectivity index (χ4v) is 10.9. The summed E-state index contributed by atoms with van der Waals surface area (Å²) in [6.45, 7) is 7.03. The number of aliphatic hydroxyl groups excluding tert-OH is 1. The van der Waals surface area contributed by atoms with Gasteiger partial charge in [0.05, 0.1) is 24.4 Å². The zero-order valence-corrected chi connectivity index (χ0v) is 26.7. The van der Waals surface area contributed by atoms with E-state index in [-0.39, 0.29) is 17.9 Å². The molecule has 0 saturated carbocycles. The van der Waals surface area contributed by atoms with Crippen LogP contribution in [-0.2, 0) is 9.16 Å². The average molecular weight is 670 g/mol. The largest absolute Gasteiger partial charge is 0.405 e. The van der Waals surface area contributed by atoms with E-state index in [0.29, 0.717) is 12.2 Å². The van der Waals surface area contributed by atoms with Crippen molar-refractivity contribution in [2.24, 2.45) is 4.99 Å². The second kappa shape index (κ2) is 11.7. The summed E-state index contributed by atoms with van der Waals surface area (Å²) in [5.41, 5.74) is 0.732. The summed E-state index contributed by atoms with van der Waals surface area (Å²) in [7, 11) is 1.08. The molecule has 5 rings (SSSR count). The molecule has 0 spiro atoms. The number of nitrogens with zero attached hydrogens (tertiary/aromatic N) is 5. The van der Waals surface area contributed by atoms with Gasteiger partial charge in [-0.2, -0.15) is 0 Å². The number of aliphatic hydroxyl groups is 1. The second-order valence-electron chi connectivity index (χ2n) is 11.4. The SMILES string of the molecule is CN(C)C=Nc1ncnc2c1c(I)cn2[C@H]1C[C@@H](O)[C@@H](CO[Si](c2ccccc2)(c2ccccc2)C(C)(C)C)O1. The first-order chi connectivity index (χ1) is 19.1. The normalized spacial score (nSPS) is 20.0. The maximum absolute atomic E-state index is 11.2. The molecule has 8 nitrogen and oxygen atoms in total. The van der Waals surface area contributed by atoms with E-state index in [2.05, 4.69) is 107 Å². The molecule has 2 aromatic heterocycles. The van der Waals surface area contributed by atoms with Crippen LogP contribution in [-0.4, -0.2) is 72.1 Å². The Hall–Kier alpha value is -2.64. The molecule has 1 saturated heterocycles. The van der Waals surface area contributed by atoms with Crippen molar-refractivity contribution >= 4 is 64.5 Å². The van der Waals surface area contributed by atoms with Gasteiger partial charge in [0.25, 0.3) is 8.32 Å². The van der Waals surface area contributed by atoms with Gasteiger partial charge in [0.1, 0.15) is 24.3 Å². The number of ether oxygens (including phenoxy) is 1. The molecule has 0 radical (unpaired) electrons. The molecule has 1 aliphatic rings. The Balaban J connectivity index is 1.44. The van der Waals surface area contributed by atoms with Gasteiger partial charge in [-0.1, -0.05) is 81.4 Å². The van der Waals surface area contributed by atoms with Crippen molar-refractivity contribution in [1.82, 2.24) is 19.4 Å². The fraction of sp³-hybridized carbons (Fsp3) is 0.367. The molecule has 210 valence electrons. The van der Waals surface area contributed by atoms with Crippen LogP contribution in [0.3, 0.4) is 0 Å². The molecule has 0 bridgehead atoms. The number of hydrogen-bond acceptors (Lipinski definition) is 6. The van der Waals surface area contributed by atoms with Crippen molar-refractivity contribution in [3.05, 3.63) is 76.8 Å². The summed E-state index contributed by atoms with van der Waals surface area (Å²) in [6.07, 6.45) is 4.15. The zero-order chi connectivity index (χ0) is 28.5. The maximum atomic E-state index is 11.2. The molecule has 3 heterocycles. The number of aromatic nitrogens is 3. The van der Waals surface area contributed by atoms with E-state index in [9.17, 15) is 5.11 Å². The molecular formula is C30H36IN5O3Si. The van der Waals surface area contributed by atoms with Crippen molar-refractivity contribution < 1.29 is 14.3 Å². The lowest BCUT2D eigenvalue weighted by Crippen LogP contribution is -2.67. The van der Waals surface area contributed by atoms with Crippen LogP contribution in [0.5, 0.6) is 0 Å². The molecule has 10 heteroatoms. The van der Waals surface area contributed by atoms with Gasteiger partial charge in [-0.3, -0.25) is 0 Å². The summed E-state index contributed by atoms with van der Waals surface area (Å²) in [5, 5.41) is 14.3. The Bertz CT molecular complexity index is 1430. The molecule has 3 atom stereocenters. The second-order valence-corrected chi connectivity index (χ2v) is 16.9. The van der Waals surface area contributed by atoms with Crippen LogP contribution in [0.1, 0.15) is 33.4 Å². The molecular weight excluding hydrogens is 633 g/mol. The zero-order valence-electron chi connectivity index (χ0n) is 23.5. The summed E-state index contributed by atoms with van der Waals surface area (Å²) in [4.78, 5) is 15.3. The lowest BCUT2D eigenvalue weighted by Gasteiger charge is -2.43. The molecule has 0 aliphatic carbocycles. The van der Waals surface area contributed by atoms with E-state index < -0.39 is 20.5 Å². The van der Waals surface area contributed by atoms with Gasteiger partial charge in [-0.25, -0.2) is 15.0 Å². The minimum absolute atomic E-state index is 0.161. The number of fused-ring (bicyclic) bond motifs is 1. The van der Waals surface area contributed by atoms with E-state index >= 15 is 0 Å². The first-order valence-electron chi connectivity index (χ1n) is 13.4. The van der Waals surface area contributed by atoms with Gasteiger partial charge < -0.3 is 23.7 Å². The first kappa shape index (κ1) is 28.9. The predicted molar refractivity (Wildman–Crippen MR) is 170 cm³/mol. The lowest BCUT2D eigenvalue weighted by atomic mass is 10.2. The number of rotatable bonds is 8. The third-order valence-electron chi connectivity index (χ3n) is 7.35. The van der Waals surface area contributed by atoms with Gasteiger partial charge >= 0.3 is 0 Å². The van der Waals surface area contributed by atoms with Crippen molar-refractivity contribution in [2.75, 3.05) is 20.7 Å². The van der Waals surface area contributed by atoms with E-state index in [1.165, 1.54) is 16.7 Å². The maximum Gasteiger partial charge on any atom is 0.261 e. The standard InChI is InChI=1S/C30H36IN5O3Si/c1-30(2,3)40(21-12-8-6-9-13-21,22-14-10-7-11-15-22)38-18-25-24(37)16-26(39-25)36-17-23(31)27-28(34-20-35(4)5)32-19-33-29(27)36/h6-15,17,19-20,24-26,37H,16,18H2,1-5H3/t24-,25-,26-/m1/s1. The van der Waals surface area contributed by atoms with E-state index in [1.807, 2.05) is 41.9 Å². The van der Waals surface area contributed by atoms with Crippen molar-refractivity contribution in [1.29, 1.82) is 0 Å². The Morgan fingerprint density at radius 2 is 1.73 bits per heavy atom. The third kappa shape index (κ3) is 5.47. The summed E-state index contributed by atoms with van der Waals surface area (Å²) in [6, 6.07) is 21.0. The number of aliphatic imine (C=N–C) groups is 1. The van der Waals surface area contributed by atoms with Crippen LogP contribution in [0.15, 0.2) is 78.2 Å². The minimum atomic E-state index is -2.75. The lowest BCUT2D eigenvalue weighted by molar-refractivity contribution is -0.0397. The monoisotopic (exact) mass is 669 g/mol. The molecule has 4 aromatic rings. The number of hydrogen-bond donors (Lipinski definition) is 1. The highest BCUT2D eigenvalue weighted by molar-refractivity contribution is 14.1. The van der Waals surface area contributed by atoms with Crippen LogP contribution in [0, 0.1) is 3.57 Å². The molecule has 0 unspecified atom stereocenters. The summed E-state index contributed by atoms with van der Waals surface area (Å²) in [5.74, 6) is 0.604. The van der Waals surface area contributed by atoms with Crippen LogP contribution in [0.25, 0.3) is 11.0 Å². The quantitative estimate of drug-likeness (QED) is 0.129. The van der Waals surface area contributed by atoms with Crippen LogP contribution >= 0.6 is 22.6 Å². The van der Waals surface area contributed by atoms with Crippen LogP contribution in [0.2, 0.25) is 5.04 Å². The molecule has 1 N–H and O–H groups in total. The Morgan fingerprint density at radius 3 is 2.30 bits per heavy atom. The smallest absolute Gasteiger partial charge is 0.261 e. The number of benzene rings is 2. The van der Waals surface area contributed by atoms with E-state index in [4.69, 9.17) is 9.16 Å². The van der Waals surface area contributed by atoms with Crippen molar-refractivity contribution in [3.8, 4) is 0 Å². The molecule has 40 heavy (non-hydrogen) atoms. The Morgan fingerprint density at radius 1 is 1.10 bits per heavy atom. The number of halogens is 1.